The van der Waals surface area contributed by atoms with Crippen LogP contribution in [0.3, 0.4) is 0 Å². The van der Waals surface area contributed by atoms with Gasteiger partial charge in [0, 0.05) is 6.42 Å². The second-order valence-corrected chi connectivity index (χ2v) is 4.92. The summed E-state index contributed by atoms with van der Waals surface area (Å²) < 4.78 is 31.4. The van der Waals surface area contributed by atoms with Gasteiger partial charge in [0.15, 0.2) is 0 Å². The van der Waals surface area contributed by atoms with Gasteiger partial charge < -0.3 is 14.8 Å². The molecule has 1 aromatic heterocycles. The normalized spacial score (nSPS) is 12.1. The van der Waals surface area contributed by atoms with E-state index in [0.717, 1.165) is 18.2 Å². The van der Waals surface area contributed by atoms with Crippen LogP contribution in [0.25, 0.3) is 0 Å². The maximum absolute atomic E-state index is 13.4. The molecule has 0 aliphatic carbocycles. The second-order valence-electron chi connectivity index (χ2n) is 4.92. The number of carbonyl (C=O) groups excluding carboxylic acids is 1. The van der Waals surface area contributed by atoms with Gasteiger partial charge in [0.05, 0.1) is 12.8 Å². The minimum Gasteiger partial charge on any atom is -0.467 e. The van der Waals surface area contributed by atoms with Crippen molar-refractivity contribution in [1.82, 2.24) is 5.32 Å². The van der Waals surface area contributed by atoms with Crippen LogP contribution >= 0.6 is 0 Å². The van der Waals surface area contributed by atoms with Crippen LogP contribution in [-0.2, 0) is 11.2 Å². The lowest BCUT2D eigenvalue weighted by atomic mass is 10.1. The molecule has 0 aliphatic heterocycles. The van der Waals surface area contributed by atoms with E-state index in [4.69, 9.17) is 4.42 Å². The first kappa shape index (κ1) is 16.2. The zero-order valence-electron chi connectivity index (χ0n) is 11.9. The molecular weight excluding hydrogens is 292 g/mol. The zero-order valence-corrected chi connectivity index (χ0v) is 11.9. The Morgan fingerprint density at radius 3 is 2.86 bits per heavy atom. The highest BCUT2D eigenvalue weighted by molar-refractivity contribution is 5.75. The largest absolute Gasteiger partial charge is 0.467 e. The smallest absolute Gasteiger partial charge is 0.220 e. The van der Waals surface area contributed by atoms with Crippen molar-refractivity contribution in [3.05, 3.63) is 59.6 Å². The number of furan rings is 1. The molecule has 2 rings (SSSR count). The van der Waals surface area contributed by atoms with E-state index in [9.17, 15) is 18.7 Å². The lowest BCUT2D eigenvalue weighted by Gasteiger charge is -2.09. The van der Waals surface area contributed by atoms with Gasteiger partial charge in [-0.3, -0.25) is 4.79 Å². The molecule has 0 saturated heterocycles. The van der Waals surface area contributed by atoms with Crippen molar-refractivity contribution in [2.45, 2.75) is 25.4 Å². The predicted molar refractivity (Wildman–Crippen MR) is 76.0 cm³/mol. The van der Waals surface area contributed by atoms with Crippen molar-refractivity contribution >= 4 is 5.91 Å². The van der Waals surface area contributed by atoms with Crippen LogP contribution < -0.4 is 5.32 Å². The number of hydrogen-bond acceptors (Lipinski definition) is 3. The average molecular weight is 309 g/mol. The van der Waals surface area contributed by atoms with Crippen LogP contribution in [0.5, 0.6) is 0 Å². The van der Waals surface area contributed by atoms with Gasteiger partial charge >= 0.3 is 0 Å². The summed E-state index contributed by atoms with van der Waals surface area (Å²) in [7, 11) is 0. The fourth-order valence-corrected chi connectivity index (χ4v) is 2.05. The highest BCUT2D eigenvalue weighted by atomic mass is 19.1. The average Bonchev–Trinajstić information content (AvgIpc) is 3.02. The minimum absolute atomic E-state index is 0.0423. The molecule has 2 aromatic rings. The summed E-state index contributed by atoms with van der Waals surface area (Å²) in [4.78, 5) is 11.6. The van der Waals surface area contributed by atoms with E-state index in [0.29, 0.717) is 12.2 Å². The number of benzene rings is 1. The van der Waals surface area contributed by atoms with E-state index in [1.807, 2.05) is 0 Å². The van der Waals surface area contributed by atoms with Crippen LogP contribution in [0.1, 0.15) is 30.3 Å². The molecule has 0 bridgehead atoms. The van der Waals surface area contributed by atoms with Crippen molar-refractivity contribution in [3.8, 4) is 0 Å². The Balaban J connectivity index is 1.70. The molecule has 0 radical (unpaired) electrons. The number of aryl methyl sites for hydroxylation is 1. The van der Waals surface area contributed by atoms with Gasteiger partial charge in [0.2, 0.25) is 5.91 Å². The van der Waals surface area contributed by atoms with E-state index >= 15 is 0 Å². The van der Waals surface area contributed by atoms with Gasteiger partial charge in [-0.25, -0.2) is 8.78 Å². The summed E-state index contributed by atoms with van der Waals surface area (Å²) in [6.45, 7) is 0.0423. The van der Waals surface area contributed by atoms with E-state index in [-0.39, 0.29) is 30.9 Å². The Morgan fingerprint density at radius 1 is 1.32 bits per heavy atom. The maximum atomic E-state index is 13.4. The molecular formula is C16H17F2NO3. The van der Waals surface area contributed by atoms with Crippen molar-refractivity contribution in [2.24, 2.45) is 0 Å². The highest BCUT2D eigenvalue weighted by Gasteiger charge is 2.12. The lowest BCUT2D eigenvalue weighted by Crippen LogP contribution is -2.28. The number of aliphatic hydroxyl groups is 1. The molecule has 0 fully saturated rings. The molecule has 1 amide bonds. The quantitative estimate of drug-likeness (QED) is 0.826. The third kappa shape index (κ3) is 4.66. The number of hydrogen-bond donors (Lipinski definition) is 2. The standard InChI is InChI=1S/C16H17F2NO3/c17-12-6-7-13(18)11(9-12)3-1-5-16(21)19-10-14(20)15-4-2-8-22-15/h2,4,6-9,14,20H,1,3,5,10H2,(H,19,21). The summed E-state index contributed by atoms with van der Waals surface area (Å²) in [6, 6.07) is 6.53. The Bertz CT molecular complexity index is 614. The van der Waals surface area contributed by atoms with E-state index < -0.39 is 17.7 Å². The van der Waals surface area contributed by atoms with Gasteiger partial charge in [-0.1, -0.05) is 0 Å². The van der Waals surface area contributed by atoms with Gasteiger partial charge in [0.1, 0.15) is 23.5 Å². The Hall–Kier alpha value is -2.21. The fourth-order valence-electron chi connectivity index (χ4n) is 2.05. The van der Waals surface area contributed by atoms with Crippen molar-refractivity contribution < 1.29 is 23.1 Å². The Kier molecular flexibility index (Phi) is 5.66. The number of rotatable bonds is 7. The van der Waals surface area contributed by atoms with E-state index in [1.54, 1.807) is 12.1 Å². The fraction of sp³-hybridized carbons (Fsp3) is 0.312. The Labute approximate surface area is 126 Å². The van der Waals surface area contributed by atoms with Crippen molar-refractivity contribution in [2.75, 3.05) is 6.54 Å². The SMILES string of the molecule is O=C(CCCc1cc(F)ccc1F)NCC(O)c1ccco1. The van der Waals surface area contributed by atoms with Crippen molar-refractivity contribution in [1.29, 1.82) is 0 Å². The highest BCUT2D eigenvalue weighted by Crippen LogP contribution is 2.13. The van der Waals surface area contributed by atoms with Gasteiger partial charge in [0.25, 0.3) is 0 Å². The third-order valence-corrected chi connectivity index (χ3v) is 3.22. The topological polar surface area (TPSA) is 62.5 Å². The van der Waals surface area contributed by atoms with Crippen LogP contribution in [0.4, 0.5) is 8.78 Å². The van der Waals surface area contributed by atoms with E-state index in [2.05, 4.69) is 5.32 Å². The number of aliphatic hydroxyl groups excluding tert-OH is 1. The number of amides is 1. The molecule has 0 aliphatic rings. The molecule has 6 heteroatoms. The van der Waals surface area contributed by atoms with Gasteiger partial charge in [-0.05, 0) is 48.7 Å². The first-order valence-corrected chi connectivity index (χ1v) is 6.98. The molecule has 1 atom stereocenters. The maximum Gasteiger partial charge on any atom is 0.220 e. The molecule has 1 aromatic carbocycles. The molecule has 4 nitrogen and oxygen atoms in total. The van der Waals surface area contributed by atoms with Crippen LogP contribution in [0.2, 0.25) is 0 Å². The second kappa shape index (κ2) is 7.70. The van der Waals surface area contributed by atoms with Gasteiger partial charge in [-0.15, -0.1) is 0 Å². The number of halogens is 2. The predicted octanol–water partition coefficient (Wildman–Crippen LogP) is 2.73. The first-order valence-electron chi connectivity index (χ1n) is 6.98. The molecule has 0 saturated carbocycles. The monoisotopic (exact) mass is 309 g/mol. The van der Waals surface area contributed by atoms with Crippen LogP contribution in [-0.4, -0.2) is 17.6 Å². The molecule has 2 N–H and O–H groups in total. The summed E-state index contributed by atoms with van der Waals surface area (Å²) in [5.74, 6) is -0.859. The van der Waals surface area contributed by atoms with Gasteiger partial charge in [-0.2, -0.15) is 0 Å². The summed E-state index contributed by atoms with van der Waals surface area (Å²) in [6.07, 6.45) is 1.37. The number of carbonyl (C=O) groups is 1. The van der Waals surface area contributed by atoms with Crippen LogP contribution in [0, 0.1) is 11.6 Å². The third-order valence-electron chi connectivity index (χ3n) is 3.22. The molecule has 118 valence electrons. The molecule has 1 heterocycles. The molecule has 1 unspecified atom stereocenters. The summed E-state index contributed by atoms with van der Waals surface area (Å²) in [5, 5.41) is 12.3. The van der Waals surface area contributed by atoms with E-state index in [1.165, 1.54) is 6.26 Å². The first-order chi connectivity index (χ1) is 10.6. The summed E-state index contributed by atoms with van der Waals surface area (Å²) >= 11 is 0. The molecule has 0 spiro atoms. The minimum atomic E-state index is -0.903. The Morgan fingerprint density at radius 2 is 2.14 bits per heavy atom. The summed E-state index contributed by atoms with van der Waals surface area (Å²) in [5.41, 5.74) is 0.253. The molecule has 22 heavy (non-hydrogen) atoms. The number of nitrogens with one attached hydrogen (secondary N) is 1. The zero-order chi connectivity index (χ0) is 15.9. The lowest BCUT2D eigenvalue weighted by molar-refractivity contribution is -0.121. The van der Waals surface area contributed by atoms with Crippen molar-refractivity contribution in [3.63, 3.8) is 0 Å². The van der Waals surface area contributed by atoms with Crippen LogP contribution in [0.15, 0.2) is 41.0 Å².